The van der Waals surface area contributed by atoms with Crippen LogP contribution in [0.15, 0.2) is 0 Å². The molecule has 0 radical (unpaired) electrons. The van der Waals surface area contributed by atoms with E-state index in [-0.39, 0.29) is 0 Å². The van der Waals surface area contributed by atoms with Gasteiger partial charge in [-0.3, -0.25) is 4.90 Å². The summed E-state index contributed by atoms with van der Waals surface area (Å²) in [6.45, 7) is 16.5. The lowest BCUT2D eigenvalue weighted by Gasteiger charge is -2.42. The van der Waals surface area contributed by atoms with Gasteiger partial charge < -0.3 is 5.32 Å². The fraction of sp³-hybridized carbons (Fsp3) is 1.00. The summed E-state index contributed by atoms with van der Waals surface area (Å²) in [7, 11) is 0. The third-order valence-corrected chi connectivity index (χ3v) is 4.02. The Morgan fingerprint density at radius 2 is 2.00 bits per heavy atom. The molecule has 0 aromatic carbocycles. The molecule has 2 heteroatoms. The molecule has 0 aromatic heterocycles. The van der Waals surface area contributed by atoms with Crippen molar-refractivity contribution in [2.75, 3.05) is 26.2 Å². The molecule has 0 aromatic rings. The first kappa shape index (κ1) is 13.0. The Morgan fingerprint density at radius 1 is 1.33 bits per heavy atom. The quantitative estimate of drug-likeness (QED) is 0.769. The highest BCUT2D eigenvalue weighted by molar-refractivity contribution is 4.90. The van der Waals surface area contributed by atoms with Crippen LogP contribution in [-0.4, -0.2) is 36.6 Å². The molecule has 0 spiro atoms. The molecule has 2 unspecified atom stereocenters. The Labute approximate surface area is 95.4 Å². The third-order valence-electron chi connectivity index (χ3n) is 4.02. The lowest BCUT2D eigenvalue weighted by atomic mass is 9.93. The number of nitrogens with one attached hydrogen (secondary N) is 1. The summed E-state index contributed by atoms with van der Waals surface area (Å²) in [5.41, 5.74) is 0.342. The lowest BCUT2D eigenvalue weighted by Crippen LogP contribution is -2.59. The summed E-state index contributed by atoms with van der Waals surface area (Å²) < 4.78 is 0. The second kappa shape index (κ2) is 5.31. The summed E-state index contributed by atoms with van der Waals surface area (Å²) in [6, 6.07) is 0. The average molecular weight is 212 g/mol. The highest BCUT2D eigenvalue weighted by Crippen LogP contribution is 2.18. The predicted molar refractivity (Wildman–Crippen MR) is 67.1 cm³/mol. The minimum atomic E-state index is 0.342. The van der Waals surface area contributed by atoms with Crippen LogP contribution in [0.3, 0.4) is 0 Å². The van der Waals surface area contributed by atoms with Gasteiger partial charge in [-0.25, -0.2) is 0 Å². The van der Waals surface area contributed by atoms with Crippen LogP contribution in [0.25, 0.3) is 0 Å². The van der Waals surface area contributed by atoms with Crippen molar-refractivity contribution < 1.29 is 0 Å². The molecule has 15 heavy (non-hydrogen) atoms. The number of rotatable bonds is 4. The van der Waals surface area contributed by atoms with Gasteiger partial charge >= 0.3 is 0 Å². The van der Waals surface area contributed by atoms with E-state index in [1.165, 1.54) is 26.1 Å². The highest BCUT2D eigenvalue weighted by Gasteiger charge is 2.29. The third kappa shape index (κ3) is 3.76. The molecule has 1 N–H and O–H groups in total. The van der Waals surface area contributed by atoms with Crippen molar-refractivity contribution in [3.63, 3.8) is 0 Å². The van der Waals surface area contributed by atoms with Gasteiger partial charge in [-0.1, -0.05) is 27.7 Å². The molecule has 90 valence electrons. The summed E-state index contributed by atoms with van der Waals surface area (Å²) in [5.74, 6) is 1.61. The van der Waals surface area contributed by atoms with Crippen LogP contribution in [0.2, 0.25) is 0 Å². The molecule has 1 fully saturated rings. The molecule has 1 saturated heterocycles. The van der Waals surface area contributed by atoms with E-state index in [2.05, 4.69) is 44.8 Å². The first-order valence-corrected chi connectivity index (χ1v) is 6.44. The molecular formula is C13H28N2. The van der Waals surface area contributed by atoms with Crippen LogP contribution in [0, 0.1) is 11.8 Å². The van der Waals surface area contributed by atoms with Gasteiger partial charge in [0.05, 0.1) is 0 Å². The number of hydrogen-bond acceptors (Lipinski definition) is 2. The van der Waals surface area contributed by atoms with Gasteiger partial charge in [0.25, 0.3) is 0 Å². The molecule has 0 bridgehead atoms. The molecule has 0 amide bonds. The second-order valence-electron chi connectivity index (χ2n) is 5.80. The van der Waals surface area contributed by atoms with Crippen molar-refractivity contribution in [1.82, 2.24) is 10.2 Å². The largest absolute Gasteiger partial charge is 0.309 e. The van der Waals surface area contributed by atoms with Gasteiger partial charge in [-0.05, 0) is 25.2 Å². The zero-order valence-electron chi connectivity index (χ0n) is 11.1. The lowest BCUT2D eigenvalue weighted by molar-refractivity contribution is 0.116. The summed E-state index contributed by atoms with van der Waals surface area (Å²) >= 11 is 0. The highest BCUT2D eigenvalue weighted by atomic mass is 15.2. The van der Waals surface area contributed by atoms with Crippen molar-refractivity contribution in [3.8, 4) is 0 Å². The average Bonchev–Trinajstić information content (AvgIpc) is 2.18. The molecule has 0 aliphatic carbocycles. The van der Waals surface area contributed by atoms with Crippen LogP contribution in [-0.2, 0) is 0 Å². The van der Waals surface area contributed by atoms with Crippen molar-refractivity contribution in [3.05, 3.63) is 0 Å². The van der Waals surface area contributed by atoms with Gasteiger partial charge in [0.15, 0.2) is 0 Å². The Hall–Kier alpha value is -0.0800. The fourth-order valence-electron chi connectivity index (χ4n) is 2.16. The summed E-state index contributed by atoms with van der Waals surface area (Å²) in [6.07, 6.45) is 1.22. The Bertz CT molecular complexity index is 191. The van der Waals surface area contributed by atoms with E-state index in [9.17, 15) is 0 Å². The molecule has 2 atom stereocenters. The number of piperazine rings is 1. The van der Waals surface area contributed by atoms with Crippen LogP contribution < -0.4 is 5.32 Å². The van der Waals surface area contributed by atoms with Crippen LogP contribution in [0.5, 0.6) is 0 Å². The topological polar surface area (TPSA) is 15.3 Å². The van der Waals surface area contributed by atoms with Gasteiger partial charge in [0, 0.05) is 31.7 Å². The molecule has 1 heterocycles. The van der Waals surface area contributed by atoms with Crippen LogP contribution in [0.4, 0.5) is 0 Å². The van der Waals surface area contributed by atoms with E-state index < -0.39 is 0 Å². The van der Waals surface area contributed by atoms with E-state index in [0.717, 1.165) is 18.4 Å². The predicted octanol–water partition coefficient (Wildman–Crippen LogP) is 2.35. The van der Waals surface area contributed by atoms with Crippen molar-refractivity contribution in [1.29, 1.82) is 0 Å². The maximum Gasteiger partial charge on any atom is 0.0278 e. The van der Waals surface area contributed by atoms with Crippen LogP contribution in [0.1, 0.15) is 41.0 Å². The second-order valence-corrected chi connectivity index (χ2v) is 5.80. The fourth-order valence-corrected chi connectivity index (χ4v) is 2.16. The SMILES string of the molecule is CCC1(C)CN(CC(C)C(C)C)CCN1. The summed E-state index contributed by atoms with van der Waals surface area (Å²) in [4.78, 5) is 2.63. The van der Waals surface area contributed by atoms with Gasteiger partial charge in [0.1, 0.15) is 0 Å². The maximum atomic E-state index is 3.64. The van der Waals surface area contributed by atoms with Gasteiger partial charge in [0.2, 0.25) is 0 Å². The molecular weight excluding hydrogens is 184 g/mol. The molecule has 0 saturated carbocycles. The van der Waals surface area contributed by atoms with Crippen molar-refractivity contribution in [2.24, 2.45) is 11.8 Å². The van der Waals surface area contributed by atoms with Crippen LogP contribution >= 0.6 is 0 Å². The monoisotopic (exact) mass is 212 g/mol. The van der Waals surface area contributed by atoms with E-state index in [1.54, 1.807) is 0 Å². The van der Waals surface area contributed by atoms with E-state index >= 15 is 0 Å². The van der Waals surface area contributed by atoms with Crippen molar-refractivity contribution in [2.45, 2.75) is 46.6 Å². The molecule has 2 nitrogen and oxygen atoms in total. The maximum absolute atomic E-state index is 3.64. The Kier molecular flexibility index (Phi) is 4.60. The van der Waals surface area contributed by atoms with E-state index in [4.69, 9.17) is 0 Å². The molecule has 1 aliphatic heterocycles. The standard InChI is InChI=1S/C13H28N2/c1-6-13(5)10-15(8-7-14-13)9-12(4)11(2)3/h11-12,14H,6-10H2,1-5H3. The molecule has 1 rings (SSSR count). The smallest absolute Gasteiger partial charge is 0.0278 e. The zero-order chi connectivity index (χ0) is 11.5. The van der Waals surface area contributed by atoms with E-state index in [1.807, 2.05) is 0 Å². The Balaban J connectivity index is 2.43. The zero-order valence-corrected chi connectivity index (χ0v) is 11.1. The Morgan fingerprint density at radius 3 is 2.53 bits per heavy atom. The minimum Gasteiger partial charge on any atom is -0.309 e. The summed E-state index contributed by atoms with van der Waals surface area (Å²) in [5, 5.41) is 3.64. The van der Waals surface area contributed by atoms with Gasteiger partial charge in [-0.2, -0.15) is 0 Å². The first-order valence-electron chi connectivity index (χ1n) is 6.44. The molecule has 1 aliphatic rings. The first-order chi connectivity index (χ1) is 6.97. The number of hydrogen-bond donors (Lipinski definition) is 1. The number of nitrogens with zero attached hydrogens (tertiary/aromatic N) is 1. The van der Waals surface area contributed by atoms with E-state index in [0.29, 0.717) is 5.54 Å². The minimum absolute atomic E-state index is 0.342. The van der Waals surface area contributed by atoms with Gasteiger partial charge in [-0.15, -0.1) is 0 Å². The normalized spacial score (nSPS) is 30.8. The van der Waals surface area contributed by atoms with Crippen molar-refractivity contribution >= 4 is 0 Å².